The zero-order valence-corrected chi connectivity index (χ0v) is 8.75. The third-order valence-corrected chi connectivity index (χ3v) is 2.24. The first kappa shape index (κ1) is 11.5. The summed E-state index contributed by atoms with van der Waals surface area (Å²) in [4.78, 5) is 11.2. The van der Waals surface area contributed by atoms with E-state index in [-0.39, 0.29) is 18.6 Å². The van der Waals surface area contributed by atoms with Gasteiger partial charge in [0, 0.05) is 19.8 Å². The van der Waals surface area contributed by atoms with Crippen LogP contribution in [-0.2, 0) is 14.3 Å². The molecule has 1 atom stereocenters. The standard InChI is InChI=1S/C10H19NO3/c1-2-13-8-10(12)11-7-9-5-3-4-6-14-9/h9H,2-8H2,1H3,(H,11,12). The predicted octanol–water partition coefficient (Wildman–Crippen LogP) is 0.708. The van der Waals surface area contributed by atoms with Crippen LogP contribution in [0.15, 0.2) is 0 Å². The van der Waals surface area contributed by atoms with E-state index in [2.05, 4.69) is 5.32 Å². The number of hydrogen-bond donors (Lipinski definition) is 1. The lowest BCUT2D eigenvalue weighted by atomic mass is 10.1. The van der Waals surface area contributed by atoms with Gasteiger partial charge in [-0.3, -0.25) is 4.79 Å². The second-order valence-electron chi connectivity index (χ2n) is 3.43. The molecule has 1 unspecified atom stereocenters. The molecule has 1 fully saturated rings. The van der Waals surface area contributed by atoms with Crippen molar-refractivity contribution < 1.29 is 14.3 Å². The molecule has 0 aromatic heterocycles. The van der Waals surface area contributed by atoms with Crippen molar-refractivity contribution in [1.29, 1.82) is 0 Å². The molecule has 1 aliphatic heterocycles. The molecule has 0 bridgehead atoms. The average Bonchev–Trinajstić information content (AvgIpc) is 2.25. The second kappa shape index (κ2) is 6.79. The Kier molecular flexibility index (Phi) is 5.56. The van der Waals surface area contributed by atoms with E-state index in [1.54, 1.807) is 0 Å². The Bertz CT molecular complexity index is 167. The van der Waals surface area contributed by atoms with Crippen LogP contribution in [0.2, 0.25) is 0 Å². The molecule has 0 aromatic rings. The van der Waals surface area contributed by atoms with Gasteiger partial charge in [0.15, 0.2) is 0 Å². The van der Waals surface area contributed by atoms with Crippen LogP contribution in [0, 0.1) is 0 Å². The fraction of sp³-hybridized carbons (Fsp3) is 0.900. The largest absolute Gasteiger partial charge is 0.376 e. The van der Waals surface area contributed by atoms with E-state index in [9.17, 15) is 4.79 Å². The molecular weight excluding hydrogens is 182 g/mol. The van der Waals surface area contributed by atoms with E-state index in [0.717, 1.165) is 19.4 Å². The third-order valence-electron chi connectivity index (χ3n) is 2.24. The molecule has 14 heavy (non-hydrogen) atoms. The molecule has 1 saturated heterocycles. The summed E-state index contributed by atoms with van der Waals surface area (Å²) in [5, 5.41) is 2.80. The first-order chi connectivity index (χ1) is 6.83. The number of hydrogen-bond acceptors (Lipinski definition) is 3. The van der Waals surface area contributed by atoms with Crippen molar-refractivity contribution in [2.24, 2.45) is 0 Å². The van der Waals surface area contributed by atoms with Crippen molar-refractivity contribution in [3.05, 3.63) is 0 Å². The van der Waals surface area contributed by atoms with Gasteiger partial charge in [0.1, 0.15) is 6.61 Å². The minimum Gasteiger partial charge on any atom is -0.376 e. The van der Waals surface area contributed by atoms with Gasteiger partial charge in [-0.15, -0.1) is 0 Å². The highest BCUT2D eigenvalue weighted by molar-refractivity contribution is 5.77. The Balaban J connectivity index is 2.03. The lowest BCUT2D eigenvalue weighted by Gasteiger charge is -2.22. The molecule has 1 heterocycles. The van der Waals surface area contributed by atoms with Crippen molar-refractivity contribution in [1.82, 2.24) is 5.32 Å². The van der Waals surface area contributed by atoms with Crippen molar-refractivity contribution >= 4 is 5.91 Å². The molecule has 0 spiro atoms. The number of amides is 1. The zero-order valence-electron chi connectivity index (χ0n) is 8.75. The average molecular weight is 201 g/mol. The fourth-order valence-corrected chi connectivity index (χ4v) is 1.44. The van der Waals surface area contributed by atoms with Crippen LogP contribution in [0.1, 0.15) is 26.2 Å². The van der Waals surface area contributed by atoms with Crippen molar-refractivity contribution in [2.45, 2.75) is 32.3 Å². The normalized spacial score (nSPS) is 21.9. The minimum absolute atomic E-state index is 0.0546. The highest BCUT2D eigenvalue weighted by atomic mass is 16.5. The van der Waals surface area contributed by atoms with Gasteiger partial charge < -0.3 is 14.8 Å². The van der Waals surface area contributed by atoms with Crippen molar-refractivity contribution in [3.8, 4) is 0 Å². The van der Waals surface area contributed by atoms with Crippen LogP contribution in [0.3, 0.4) is 0 Å². The highest BCUT2D eigenvalue weighted by Crippen LogP contribution is 2.11. The molecule has 1 aliphatic rings. The molecule has 1 rings (SSSR count). The summed E-state index contributed by atoms with van der Waals surface area (Å²) in [6, 6.07) is 0. The molecule has 82 valence electrons. The molecular formula is C10H19NO3. The zero-order chi connectivity index (χ0) is 10.2. The van der Waals surface area contributed by atoms with Crippen LogP contribution in [0.4, 0.5) is 0 Å². The van der Waals surface area contributed by atoms with E-state index < -0.39 is 0 Å². The van der Waals surface area contributed by atoms with Gasteiger partial charge in [0.05, 0.1) is 6.10 Å². The number of nitrogens with one attached hydrogen (secondary N) is 1. The van der Waals surface area contributed by atoms with Crippen LogP contribution in [0.25, 0.3) is 0 Å². The summed E-state index contributed by atoms with van der Waals surface area (Å²) in [5.74, 6) is -0.0546. The van der Waals surface area contributed by atoms with Crippen LogP contribution in [-0.4, -0.2) is 38.4 Å². The summed E-state index contributed by atoms with van der Waals surface area (Å²) in [7, 11) is 0. The van der Waals surface area contributed by atoms with Crippen molar-refractivity contribution in [2.75, 3.05) is 26.4 Å². The Hall–Kier alpha value is -0.610. The van der Waals surface area contributed by atoms with Gasteiger partial charge in [0.2, 0.25) is 5.91 Å². The molecule has 0 radical (unpaired) electrons. The number of carbonyl (C=O) groups is 1. The van der Waals surface area contributed by atoms with E-state index in [4.69, 9.17) is 9.47 Å². The van der Waals surface area contributed by atoms with E-state index in [0.29, 0.717) is 13.2 Å². The summed E-state index contributed by atoms with van der Waals surface area (Å²) in [5.41, 5.74) is 0. The smallest absolute Gasteiger partial charge is 0.246 e. The van der Waals surface area contributed by atoms with E-state index in [1.165, 1.54) is 6.42 Å². The van der Waals surface area contributed by atoms with E-state index in [1.807, 2.05) is 6.92 Å². The maximum atomic E-state index is 11.2. The summed E-state index contributed by atoms with van der Waals surface area (Å²) in [6.45, 7) is 4.05. The van der Waals surface area contributed by atoms with Gasteiger partial charge in [-0.2, -0.15) is 0 Å². The fourth-order valence-electron chi connectivity index (χ4n) is 1.44. The molecule has 1 N–H and O–H groups in total. The topological polar surface area (TPSA) is 47.6 Å². The number of rotatable bonds is 5. The minimum atomic E-state index is -0.0546. The summed E-state index contributed by atoms with van der Waals surface area (Å²) < 4.78 is 10.5. The molecule has 4 nitrogen and oxygen atoms in total. The molecule has 0 aliphatic carbocycles. The van der Waals surface area contributed by atoms with Crippen LogP contribution in [0.5, 0.6) is 0 Å². The second-order valence-corrected chi connectivity index (χ2v) is 3.43. The monoisotopic (exact) mass is 201 g/mol. The van der Waals surface area contributed by atoms with Gasteiger partial charge in [-0.25, -0.2) is 0 Å². The molecule has 1 amide bonds. The summed E-state index contributed by atoms with van der Waals surface area (Å²) >= 11 is 0. The third kappa shape index (κ3) is 4.58. The Labute approximate surface area is 85.0 Å². The predicted molar refractivity (Wildman–Crippen MR) is 53.1 cm³/mol. The van der Waals surface area contributed by atoms with Gasteiger partial charge in [-0.05, 0) is 26.2 Å². The van der Waals surface area contributed by atoms with E-state index >= 15 is 0 Å². The number of ether oxygens (including phenoxy) is 2. The van der Waals surface area contributed by atoms with Gasteiger partial charge in [0.25, 0.3) is 0 Å². The first-order valence-corrected chi connectivity index (χ1v) is 5.29. The summed E-state index contributed by atoms with van der Waals surface area (Å²) in [6.07, 6.45) is 3.60. The molecule has 4 heteroatoms. The maximum Gasteiger partial charge on any atom is 0.246 e. The quantitative estimate of drug-likeness (QED) is 0.712. The van der Waals surface area contributed by atoms with Crippen molar-refractivity contribution in [3.63, 3.8) is 0 Å². The molecule has 0 aromatic carbocycles. The van der Waals surface area contributed by atoms with Crippen LogP contribution >= 0.6 is 0 Å². The highest BCUT2D eigenvalue weighted by Gasteiger charge is 2.14. The van der Waals surface area contributed by atoms with Gasteiger partial charge in [-0.1, -0.05) is 0 Å². The Morgan fingerprint density at radius 3 is 3.07 bits per heavy atom. The Morgan fingerprint density at radius 2 is 2.43 bits per heavy atom. The van der Waals surface area contributed by atoms with Gasteiger partial charge >= 0.3 is 0 Å². The number of carbonyl (C=O) groups excluding carboxylic acids is 1. The van der Waals surface area contributed by atoms with Crippen LogP contribution < -0.4 is 5.32 Å². The SMILES string of the molecule is CCOCC(=O)NCC1CCCCO1. The molecule has 0 saturated carbocycles. The maximum absolute atomic E-state index is 11.2. The first-order valence-electron chi connectivity index (χ1n) is 5.29. The lowest BCUT2D eigenvalue weighted by Crippen LogP contribution is -2.37. The Morgan fingerprint density at radius 1 is 1.57 bits per heavy atom. The lowest BCUT2D eigenvalue weighted by molar-refractivity contribution is -0.126.